The molecule has 1 aliphatic rings. The van der Waals surface area contributed by atoms with Crippen LogP contribution in [0.5, 0.6) is 5.75 Å². The van der Waals surface area contributed by atoms with Crippen molar-refractivity contribution in [2.45, 2.75) is 30.4 Å². The van der Waals surface area contributed by atoms with Gasteiger partial charge in [-0.25, -0.2) is 13.1 Å². The van der Waals surface area contributed by atoms with E-state index in [1.165, 1.54) is 7.05 Å². The van der Waals surface area contributed by atoms with Gasteiger partial charge in [-0.2, -0.15) is 0 Å². The number of guanidine groups is 1. The SMILES string of the molecule is CN=C(NCc1ccc(S(=O)(=O)NC)cc1)N1CCC(Oc2ccccc2)CC1.I. The van der Waals surface area contributed by atoms with Gasteiger partial charge in [0.25, 0.3) is 0 Å². The molecule has 7 nitrogen and oxygen atoms in total. The normalized spacial score (nSPS) is 15.4. The average Bonchev–Trinajstić information content (AvgIpc) is 2.76. The number of hydrogen-bond donors (Lipinski definition) is 2. The van der Waals surface area contributed by atoms with Gasteiger partial charge in [-0.3, -0.25) is 4.99 Å². The Labute approximate surface area is 196 Å². The molecule has 1 saturated heterocycles. The van der Waals surface area contributed by atoms with Gasteiger partial charge in [-0.05, 0) is 36.9 Å². The lowest BCUT2D eigenvalue weighted by atomic mass is 10.1. The fraction of sp³-hybridized carbons (Fsp3) is 0.381. The third kappa shape index (κ3) is 6.58. The largest absolute Gasteiger partial charge is 0.490 e. The van der Waals surface area contributed by atoms with Crippen LogP contribution in [0.2, 0.25) is 0 Å². The number of hydrogen-bond acceptors (Lipinski definition) is 4. The van der Waals surface area contributed by atoms with Gasteiger partial charge >= 0.3 is 0 Å². The molecule has 9 heteroatoms. The van der Waals surface area contributed by atoms with Crippen LogP contribution in [0.15, 0.2) is 64.5 Å². The molecule has 164 valence electrons. The van der Waals surface area contributed by atoms with Gasteiger partial charge in [0.05, 0.1) is 4.90 Å². The summed E-state index contributed by atoms with van der Waals surface area (Å²) in [6.07, 6.45) is 2.09. The van der Waals surface area contributed by atoms with Crippen molar-refractivity contribution in [1.29, 1.82) is 0 Å². The maximum Gasteiger partial charge on any atom is 0.240 e. The van der Waals surface area contributed by atoms with Crippen molar-refractivity contribution < 1.29 is 13.2 Å². The molecule has 0 amide bonds. The molecule has 0 unspecified atom stereocenters. The zero-order chi connectivity index (χ0) is 20.7. The lowest BCUT2D eigenvalue weighted by molar-refractivity contribution is 0.129. The molecule has 0 spiro atoms. The van der Waals surface area contributed by atoms with Crippen molar-refractivity contribution in [3.05, 3.63) is 60.2 Å². The number of nitrogens with zero attached hydrogens (tertiary/aromatic N) is 2. The van der Waals surface area contributed by atoms with Crippen LogP contribution in [0.1, 0.15) is 18.4 Å². The standard InChI is InChI=1S/C21H28N4O3S.HI/c1-22-21(24-16-17-8-10-20(11-9-17)29(26,27)23-2)25-14-12-19(13-15-25)28-18-6-4-3-5-7-18;/h3-11,19,23H,12-16H2,1-2H3,(H,22,24);1H. The highest BCUT2D eigenvalue weighted by Crippen LogP contribution is 2.19. The Hall–Kier alpha value is -1.85. The maximum absolute atomic E-state index is 11.8. The third-order valence-electron chi connectivity index (χ3n) is 4.95. The second kappa shape index (κ2) is 11.5. The first-order valence-electron chi connectivity index (χ1n) is 9.71. The maximum atomic E-state index is 11.8. The van der Waals surface area contributed by atoms with Crippen molar-refractivity contribution >= 4 is 40.0 Å². The first kappa shape index (κ1) is 24.4. The number of nitrogens with one attached hydrogen (secondary N) is 2. The summed E-state index contributed by atoms with van der Waals surface area (Å²) in [5, 5.41) is 3.36. The van der Waals surface area contributed by atoms with Crippen LogP contribution in [0.3, 0.4) is 0 Å². The van der Waals surface area contributed by atoms with E-state index in [1.807, 2.05) is 42.5 Å². The van der Waals surface area contributed by atoms with E-state index < -0.39 is 10.0 Å². The Morgan fingerprint density at radius 1 is 1.10 bits per heavy atom. The highest BCUT2D eigenvalue weighted by molar-refractivity contribution is 14.0. The van der Waals surface area contributed by atoms with E-state index in [4.69, 9.17) is 4.74 Å². The van der Waals surface area contributed by atoms with E-state index in [-0.39, 0.29) is 35.0 Å². The third-order valence-corrected chi connectivity index (χ3v) is 6.38. The van der Waals surface area contributed by atoms with E-state index in [9.17, 15) is 8.42 Å². The quantitative estimate of drug-likeness (QED) is 0.332. The Morgan fingerprint density at radius 2 is 1.73 bits per heavy atom. The van der Waals surface area contributed by atoms with E-state index in [0.29, 0.717) is 6.54 Å². The average molecular weight is 544 g/mol. The summed E-state index contributed by atoms with van der Waals surface area (Å²) in [6.45, 7) is 2.32. The van der Waals surface area contributed by atoms with Crippen molar-refractivity contribution in [3.8, 4) is 5.75 Å². The Balaban J connectivity index is 0.00000320. The minimum absolute atomic E-state index is 0. The highest BCUT2D eigenvalue weighted by Gasteiger charge is 2.22. The minimum atomic E-state index is -3.41. The van der Waals surface area contributed by atoms with Gasteiger partial charge in [0.2, 0.25) is 10.0 Å². The molecule has 30 heavy (non-hydrogen) atoms. The summed E-state index contributed by atoms with van der Waals surface area (Å²) in [6, 6.07) is 16.8. The molecule has 2 aromatic carbocycles. The molecule has 0 saturated carbocycles. The summed E-state index contributed by atoms with van der Waals surface area (Å²) < 4.78 is 32.0. The number of likely N-dealkylation sites (tertiary alicyclic amines) is 1. The first-order chi connectivity index (χ1) is 14.0. The van der Waals surface area contributed by atoms with E-state index in [0.717, 1.165) is 43.2 Å². The molecular formula is C21H29IN4O3S. The molecule has 0 aliphatic carbocycles. The van der Waals surface area contributed by atoms with Crippen LogP contribution < -0.4 is 14.8 Å². The van der Waals surface area contributed by atoms with Crippen LogP contribution in [-0.2, 0) is 16.6 Å². The topological polar surface area (TPSA) is 83.0 Å². The van der Waals surface area contributed by atoms with E-state index >= 15 is 0 Å². The van der Waals surface area contributed by atoms with Crippen molar-refractivity contribution in [1.82, 2.24) is 14.9 Å². The number of halogens is 1. The van der Waals surface area contributed by atoms with E-state index in [2.05, 4.69) is 19.9 Å². The molecule has 3 rings (SSSR count). The Kier molecular flexibility index (Phi) is 9.37. The number of benzene rings is 2. The van der Waals surface area contributed by atoms with Gasteiger partial charge in [-0.15, -0.1) is 24.0 Å². The molecule has 1 heterocycles. The zero-order valence-electron chi connectivity index (χ0n) is 17.2. The minimum Gasteiger partial charge on any atom is -0.490 e. The lowest BCUT2D eigenvalue weighted by Crippen LogP contribution is -2.47. The predicted molar refractivity (Wildman–Crippen MR) is 130 cm³/mol. The number of ether oxygens (including phenoxy) is 1. The Bertz CT molecular complexity index is 913. The lowest BCUT2D eigenvalue weighted by Gasteiger charge is -2.34. The molecule has 0 radical (unpaired) electrons. The Morgan fingerprint density at radius 3 is 2.30 bits per heavy atom. The molecule has 2 N–H and O–H groups in total. The number of piperidine rings is 1. The summed E-state index contributed by atoms with van der Waals surface area (Å²) in [4.78, 5) is 6.88. The predicted octanol–water partition coefficient (Wildman–Crippen LogP) is 2.83. The number of sulfonamides is 1. The molecule has 2 aromatic rings. The summed E-state index contributed by atoms with van der Waals surface area (Å²) in [7, 11) is -0.229. The number of para-hydroxylation sites is 1. The highest BCUT2D eigenvalue weighted by atomic mass is 127. The zero-order valence-corrected chi connectivity index (χ0v) is 20.4. The van der Waals surface area contributed by atoms with Crippen molar-refractivity contribution in [2.75, 3.05) is 27.2 Å². The van der Waals surface area contributed by atoms with Crippen molar-refractivity contribution in [2.24, 2.45) is 4.99 Å². The van der Waals surface area contributed by atoms with E-state index in [1.54, 1.807) is 19.2 Å². The van der Waals surface area contributed by atoms with Gasteiger partial charge in [0.1, 0.15) is 11.9 Å². The fourth-order valence-electron chi connectivity index (χ4n) is 3.29. The summed E-state index contributed by atoms with van der Waals surface area (Å²) >= 11 is 0. The van der Waals surface area contributed by atoms with Gasteiger partial charge in [0.15, 0.2) is 5.96 Å². The van der Waals surface area contributed by atoms with Gasteiger partial charge < -0.3 is 15.0 Å². The fourth-order valence-corrected chi connectivity index (χ4v) is 4.02. The van der Waals surface area contributed by atoms with Crippen LogP contribution in [0.4, 0.5) is 0 Å². The van der Waals surface area contributed by atoms with Crippen LogP contribution in [-0.4, -0.2) is 52.6 Å². The second-order valence-corrected chi connectivity index (χ2v) is 8.76. The van der Waals surface area contributed by atoms with Crippen LogP contribution >= 0.6 is 24.0 Å². The first-order valence-corrected chi connectivity index (χ1v) is 11.2. The molecular weight excluding hydrogens is 515 g/mol. The summed E-state index contributed by atoms with van der Waals surface area (Å²) in [5.74, 6) is 1.76. The molecule has 1 aliphatic heterocycles. The smallest absolute Gasteiger partial charge is 0.240 e. The summed E-state index contributed by atoms with van der Waals surface area (Å²) in [5.41, 5.74) is 0.989. The molecule has 0 bridgehead atoms. The second-order valence-electron chi connectivity index (χ2n) is 6.87. The molecule has 0 atom stereocenters. The van der Waals surface area contributed by atoms with Crippen LogP contribution in [0, 0.1) is 0 Å². The number of aliphatic imine (C=N–C) groups is 1. The molecule has 0 aromatic heterocycles. The van der Waals surface area contributed by atoms with Crippen molar-refractivity contribution in [3.63, 3.8) is 0 Å². The van der Waals surface area contributed by atoms with Crippen LogP contribution in [0.25, 0.3) is 0 Å². The monoisotopic (exact) mass is 544 g/mol. The van der Waals surface area contributed by atoms with Gasteiger partial charge in [0, 0.05) is 39.5 Å². The van der Waals surface area contributed by atoms with Gasteiger partial charge in [-0.1, -0.05) is 30.3 Å². The number of rotatable bonds is 6. The molecule has 1 fully saturated rings.